The van der Waals surface area contributed by atoms with Gasteiger partial charge in [0.25, 0.3) is 0 Å². The van der Waals surface area contributed by atoms with Gasteiger partial charge in [0, 0.05) is 32.1 Å². The van der Waals surface area contributed by atoms with Crippen molar-refractivity contribution in [1.82, 2.24) is 21.3 Å². The Morgan fingerprint density at radius 2 is 2.00 bits per heavy atom. The van der Waals surface area contributed by atoms with Crippen LogP contribution in [0.1, 0.15) is 20.3 Å². The second-order valence-electron chi connectivity index (χ2n) is 4.67. The average molecular weight is 242 g/mol. The highest BCUT2D eigenvalue weighted by Gasteiger charge is 2.27. The third kappa shape index (κ3) is 5.65. The number of rotatable bonds is 6. The fraction of sp³-hybridized carbons (Fsp3) is 0.818. The Morgan fingerprint density at radius 1 is 1.29 bits per heavy atom. The molecule has 6 heteroatoms. The average Bonchev–Trinajstić information content (AvgIpc) is 2.69. The van der Waals surface area contributed by atoms with Gasteiger partial charge in [-0.15, -0.1) is 0 Å². The molecule has 1 atom stereocenters. The second-order valence-corrected chi connectivity index (χ2v) is 4.67. The second kappa shape index (κ2) is 6.56. The van der Waals surface area contributed by atoms with Crippen LogP contribution in [0.2, 0.25) is 0 Å². The van der Waals surface area contributed by atoms with Gasteiger partial charge in [-0.05, 0) is 19.9 Å². The molecule has 1 rings (SSSR count). The number of carbonyl (C=O) groups is 2. The van der Waals surface area contributed by atoms with Crippen molar-refractivity contribution in [1.29, 1.82) is 0 Å². The first kappa shape index (κ1) is 13.9. The Bertz CT molecular complexity index is 275. The van der Waals surface area contributed by atoms with Crippen LogP contribution < -0.4 is 21.3 Å². The molecular weight excluding hydrogens is 220 g/mol. The number of hydrogen-bond donors (Lipinski definition) is 4. The van der Waals surface area contributed by atoms with Crippen molar-refractivity contribution in [2.24, 2.45) is 0 Å². The summed E-state index contributed by atoms with van der Waals surface area (Å²) in [7, 11) is 0. The summed E-state index contributed by atoms with van der Waals surface area (Å²) in [6, 6.07) is 0. The highest BCUT2D eigenvalue weighted by atomic mass is 16.2. The molecule has 0 saturated carbocycles. The van der Waals surface area contributed by atoms with Crippen LogP contribution in [0.3, 0.4) is 0 Å². The van der Waals surface area contributed by atoms with Crippen LogP contribution in [0.15, 0.2) is 0 Å². The van der Waals surface area contributed by atoms with E-state index in [2.05, 4.69) is 28.2 Å². The Hall–Kier alpha value is -1.14. The molecule has 1 fully saturated rings. The van der Waals surface area contributed by atoms with Crippen molar-refractivity contribution < 1.29 is 9.59 Å². The molecule has 1 unspecified atom stereocenters. The molecule has 0 aliphatic carbocycles. The zero-order valence-electron chi connectivity index (χ0n) is 10.6. The maximum absolute atomic E-state index is 11.5. The van der Waals surface area contributed by atoms with Crippen molar-refractivity contribution in [2.45, 2.75) is 25.8 Å². The summed E-state index contributed by atoms with van der Waals surface area (Å²) in [4.78, 5) is 22.1. The Balaban J connectivity index is 2.06. The quantitative estimate of drug-likeness (QED) is 0.431. The van der Waals surface area contributed by atoms with E-state index < -0.39 is 0 Å². The molecule has 1 aliphatic heterocycles. The predicted molar refractivity (Wildman–Crippen MR) is 65.6 cm³/mol. The molecule has 17 heavy (non-hydrogen) atoms. The lowest BCUT2D eigenvalue weighted by Crippen LogP contribution is -2.49. The molecule has 0 spiro atoms. The monoisotopic (exact) mass is 242 g/mol. The van der Waals surface area contributed by atoms with Gasteiger partial charge in [-0.1, -0.05) is 0 Å². The number of amides is 2. The fourth-order valence-electron chi connectivity index (χ4n) is 1.76. The normalized spacial score (nSPS) is 23.4. The third-order valence-electron chi connectivity index (χ3n) is 2.87. The van der Waals surface area contributed by atoms with Gasteiger partial charge in [-0.2, -0.15) is 0 Å². The number of nitrogens with one attached hydrogen (secondary N) is 4. The minimum atomic E-state index is -0.0816. The summed E-state index contributed by atoms with van der Waals surface area (Å²) in [6.45, 7) is 6.71. The summed E-state index contributed by atoms with van der Waals surface area (Å²) in [5, 5.41) is 11.9. The van der Waals surface area contributed by atoms with Crippen molar-refractivity contribution >= 4 is 11.8 Å². The summed E-state index contributed by atoms with van der Waals surface area (Å²) >= 11 is 0. The molecule has 0 bridgehead atoms. The van der Waals surface area contributed by atoms with Gasteiger partial charge in [0.05, 0.1) is 6.54 Å². The van der Waals surface area contributed by atoms with E-state index in [1.807, 2.05) is 0 Å². The van der Waals surface area contributed by atoms with Gasteiger partial charge >= 0.3 is 0 Å². The molecule has 0 aromatic carbocycles. The smallest absolute Gasteiger partial charge is 0.234 e. The summed E-state index contributed by atoms with van der Waals surface area (Å²) in [6.07, 6.45) is 1.03. The molecule has 0 aromatic heterocycles. The lowest BCUT2D eigenvalue weighted by Gasteiger charge is -2.24. The zero-order valence-corrected chi connectivity index (χ0v) is 10.6. The molecule has 4 N–H and O–H groups in total. The molecule has 1 heterocycles. The van der Waals surface area contributed by atoms with Crippen molar-refractivity contribution in [3.8, 4) is 0 Å². The molecule has 2 amide bonds. The highest BCUT2D eigenvalue weighted by Crippen LogP contribution is 2.12. The molecular formula is C11H22N4O2. The Kier molecular flexibility index (Phi) is 5.37. The fourth-order valence-corrected chi connectivity index (χ4v) is 1.76. The summed E-state index contributed by atoms with van der Waals surface area (Å²) < 4.78 is 0. The first-order valence-corrected chi connectivity index (χ1v) is 5.99. The van der Waals surface area contributed by atoms with E-state index in [4.69, 9.17) is 0 Å². The Morgan fingerprint density at radius 3 is 2.59 bits per heavy atom. The van der Waals surface area contributed by atoms with Crippen LogP contribution >= 0.6 is 0 Å². The van der Waals surface area contributed by atoms with Crippen LogP contribution in [-0.2, 0) is 9.59 Å². The van der Waals surface area contributed by atoms with E-state index in [1.54, 1.807) is 0 Å². The molecule has 98 valence electrons. The maximum Gasteiger partial charge on any atom is 0.234 e. The van der Waals surface area contributed by atoms with Gasteiger partial charge in [0.1, 0.15) is 0 Å². The van der Waals surface area contributed by atoms with Crippen molar-refractivity contribution in [3.05, 3.63) is 0 Å². The molecule has 1 saturated heterocycles. The molecule has 6 nitrogen and oxygen atoms in total. The van der Waals surface area contributed by atoms with E-state index >= 15 is 0 Å². The molecule has 0 aromatic rings. The first-order chi connectivity index (χ1) is 8.02. The summed E-state index contributed by atoms with van der Waals surface area (Å²) in [5.74, 6) is -0.120. The van der Waals surface area contributed by atoms with Crippen LogP contribution in [0.25, 0.3) is 0 Å². The lowest BCUT2D eigenvalue weighted by molar-refractivity contribution is -0.121. The topological polar surface area (TPSA) is 82.3 Å². The maximum atomic E-state index is 11.5. The SMILES string of the molecule is CC(=O)NCCNC(=O)CNC1(C)CCNC1. The highest BCUT2D eigenvalue weighted by molar-refractivity contribution is 5.78. The minimum Gasteiger partial charge on any atom is -0.355 e. The standard InChI is InChI=1S/C11H22N4O2/c1-9(16)13-5-6-14-10(17)7-15-11(2)3-4-12-8-11/h12,15H,3-8H2,1-2H3,(H,13,16)(H,14,17). The van der Waals surface area contributed by atoms with Crippen LogP contribution in [0.5, 0.6) is 0 Å². The van der Waals surface area contributed by atoms with Gasteiger partial charge in [0.2, 0.25) is 11.8 Å². The predicted octanol–water partition coefficient (Wildman–Crippen LogP) is -1.42. The van der Waals surface area contributed by atoms with Crippen LogP contribution in [-0.4, -0.2) is 50.1 Å². The van der Waals surface area contributed by atoms with Gasteiger partial charge in [0.15, 0.2) is 0 Å². The molecule has 0 radical (unpaired) electrons. The van der Waals surface area contributed by atoms with E-state index in [9.17, 15) is 9.59 Å². The van der Waals surface area contributed by atoms with Crippen LogP contribution in [0.4, 0.5) is 0 Å². The minimum absolute atomic E-state index is 0.0228. The largest absolute Gasteiger partial charge is 0.355 e. The van der Waals surface area contributed by atoms with E-state index in [1.165, 1.54) is 6.92 Å². The number of hydrogen-bond acceptors (Lipinski definition) is 4. The van der Waals surface area contributed by atoms with Crippen LogP contribution in [0, 0.1) is 0 Å². The van der Waals surface area contributed by atoms with Gasteiger partial charge in [-0.3, -0.25) is 9.59 Å². The van der Waals surface area contributed by atoms with Crippen molar-refractivity contribution in [2.75, 3.05) is 32.7 Å². The lowest BCUT2D eigenvalue weighted by atomic mass is 10.0. The summed E-state index contributed by atoms with van der Waals surface area (Å²) in [5.41, 5.74) is 0.0228. The zero-order chi connectivity index (χ0) is 12.7. The number of carbonyl (C=O) groups excluding carboxylic acids is 2. The van der Waals surface area contributed by atoms with Gasteiger partial charge in [-0.25, -0.2) is 0 Å². The third-order valence-corrected chi connectivity index (χ3v) is 2.87. The molecule has 1 aliphatic rings. The van der Waals surface area contributed by atoms with E-state index in [0.717, 1.165) is 19.5 Å². The van der Waals surface area contributed by atoms with E-state index in [-0.39, 0.29) is 17.4 Å². The van der Waals surface area contributed by atoms with Crippen molar-refractivity contribution in [3.63, 3.8) is 0 Å². The van der Waals surface area contributed by atoms with Gasteiger partial charge < -0.3 is 21.3 Å². The van der Waals surface area contributed by atoms with E-state index in [0.29, 0.717) is 19.6 Å². The first-order valence-electron chi connectivity index (χ1n) is 5.99. The Labute approximate surface area is 102 Å².